The molecule has 0 spiro atoms. The van der Waals surface area contributed by atoms with E-state index in [2.05, 4.69) is 0 Å². The number of hydrogen-bond acceptors (Lipinski definition) is 4. The van der Waals surface area contributed by atoms with Crippen molar-refractivity contribution in [1.82, 2.24) is 9.80 Å². The summed E-state index contributed by atoms with van der Waals surface area (Å²) in [4.78, 5) is 38.4. The highest BCUT2D eigenvalue weighted by molar-refractivity contribution is 5.86. The fourth-order valence-corrected chi connectivity index (χ4v) is 2.67. The third-order valence-corrected chi connectivity index (χ3v) is 3.87. The Morgan fingerprint density at radius 1 is 1.24 bits per heavy atom. The van der Waals surface area contributed by atoms with Crippen molar-refractivity contribution >= 4 is 18.0 Å². The molecule has 0 aromatic heterocycles. The molecule has 1 saturated heterocycles. The summed E-state index contributed by atoms with van der Waals surface area (Å²) in [5.74, 6) is -1.42. The van der Waals surface area contributed by atoms with E-state index in [-0.39, 0.29) is 25.2 Å². The number of carbonyl (C=O) groups is 3. The van der Waals surface area contributed by atoms with Crippen LogP contribution in [0.2, 0.25) is 0 Å². The molecule has 1 saturated carbocycles. The summed E-state index contributed by atoms with van der Waals surface area (Å²) in [5.41, 5.74) is 0. The number of carboxylic acids is 1. The summed E-state index contributed by atoms with van der Waals surface area (Å²) in [6.07, 6.45) is 3.79. The van der Waals surface area contributed by atoms with E-state index in [1.54, 1.807) is 6.92 Å². The van der Waals surface area contributed by atoms with Gasteiger partial charge in [0.15, 0.2) is 0 Å². The Bertz CT molecular complexity index is 422. The fourth-order valence-electron chi connectivity index (χ4n) is 2.67. The van der Waals surface area contributed by atoms with E-state index < -0.39 is 18.0 Å². The minimum absolute atomic E-state index is 0.0401. The molecule has 0 bridgehead atoms. The van der Waals surface area contributed by atoms with Crippen LogP contribution < -0.4 is 0 Å². The lowest BCUT2D eigenvalue weighted by atomic mass is 10.0. The number of rotatable bonds is 5. The molecule has 1 heterocycles. The molecule has 1 N–H and O–H groups in total. The normalized spacial score (nSPS) is 21.8. The Morgan fingerprint density at radius 2 is 1.95 bits per heavy atom. The number of nitrogens with zero attached hydrogens (tertiary/aromatic N) is 2. The third-order valence-electron chi connectivity index (χ3n) is 3.87. The molecule has 118 valence electrons. The van der Waals surface area contributed by atoms with E-state index in [0.717, 1.165) is 25.7 Å². The molecule has 2 aliphatic rings. The SMILES string of the molecule is CCOC(=O)CN(C(=O)N1CCCCC1C(=O)O)C1CC1. The molecule has 2 rings (SSSR count). The predicted molar refractivity (Wildman–Crippen MR) is 73.7 cm³/mol. The van der Waals surface area contributed by atoms with Crippen LogP contribution in [0.25, 0.3) is 0 Å². The van der Waals surface area contributed by atoms with Gasteiger partial charge in [0.2, 0.25) is 0 Å². The number of carbonyl (C=O) groups excluding carboxylic acids is 2. The topological polar surface area (TPSA) is 87.2 Å². The van der Waals surface area contributed by atoms with Crippen molar-refractivity contribution < 1.29 is 24.2 Å². The highest BCUT2D eigenvalue weighted by Gasteiger charge is 2.40. The van der Waals surface area contributed by atoms with Crippen LogP contribution in [0.4, 0.5) is 4.79 Å². The van der Waals surface area contributed by atoms with Crippen molar-refractivity contribution in [3.05, 3.63) is 0 Å². The average Bonchev–Trinajstić information content (AvgIpc) is 3.29. The van der Waals surface area contributed by atoms with Gasteiger partial charge in [-0.15, -0.1) is 0 Å². The first-order valence-corrected chi connectivity index (χ1v) is 7.50. The molecule has 1 atom stereocenters. The second-order valence-electron chi connectivity index (χ2n) is 5.49. The summed E-state index contributed by atoms with van der Waals surface area (Å²) in [5, 5.41) is 9.26. The molecule has 21 heavy (non-hydrogen) atoms. The highest BCUT2D eigenvalue weighted by atomic mass is 16.5. The van der Waals surface area contributed by atoms with E-state index in [1.807, 2.05) is 0 Å². The van der Waals surface area contributed by atoms with E-state index in [1.165, 1.54) is 9.80 Å². The molecule has 2 amide bonds. The van der Waals surface area contributed by atoms with Gasteiger partial charge in [0.25, 0.3) is 0 Å². The molecule has 2 fully saturated rings. The number of aliphatic carboxylic acids is 1. The Labute approximate surface area is 123 Å². The van der Waals surface area contributed by atoms with Crippen molar-refractivity contribution in [2.45, 2.75) is 51.1 Å². The maximum absolute atomic E-state index is 12.6. The Balaban J connectivity index is 2.06. The van der Waals surface area contributed by atoms with Gasteiger partial charge in [0.05, 0.1) is 6.61 Å². The fraction of sp³-hybridized carbons (Fsp3) is 0.786. The van der Waals surface area contributed by atoms with E-state index in [0.29, 0.717) is 13.0 Å². The van der Waals surface area contributed by atoms with Crippen LogP contribution in [-0.2, 0) is 14.3 Å². The molecule has 0 aromatic rings. The van der Waals surface area contributed by atoms with Crippen molar-refractivity contribution in [1.29, 1.82) is 0 Å². The lowest BCUT2D eigenvalue weighted by molar-refractivity contribution is -0.144. The van der Waals surface area contributed by atoms with Gasteiger partial charge in [-0.1, -0.05) is 0 Å². The van der Waals surface area contributed by atoms with Gasteiger partial charge in [-0.25, -0.2) is 9.59 Å². The molecule has 1 aliphatic heterocycles. The zero-order valence-electron chi connectivity index (χ0n) is 12.3. The Morgan fingerprint density at radius 3 is 2.52 bits per heavy atom. The molecule has 1 unspecified atom stereocenters. The van der Waals surface area contributed by atoms with Crippen LogP contribution in [0.3, 0.4) is 0 Å². The van der Waals surface area contributed by atoms with Gasteiger partial charge in [0, 0.05) is 12.6 Å². The Kier molecular flexibility index (Phi) is 5.03. The van der Waals surface area contributed by atoms with Crippen molar-refractivity contribution in [2.24, 2.45) is 0 Å². The molecular formula is C14H22N2O5. The number of hydrogen-bond donors (Lipinski definition) is 1. The van der Waals surface area contributed by atoms with Gasteiger partial charge in [-0.05, 0) is 39.0 Å². The van der Waals surface area contributed by atoms with Gasteiger partial charge in [0.1, 0.15) is 12.6 Å². The summed E-state index contributed by atoms with van der Waals surface area (Å²) in [6, 6.07) is -1.09. The summed E-state index contributed by atoms with van der Waals surface area (Å²) >= 11 is 0. The molecule has 7 nitrogen and oxygen atoms in total. The van der Waals surface area contributed by atoms with Crippen LogP contribution in [0.1, 0.15) is 39.0 Å². The maximum Gasteiger partial charge on any atom is 0.326 e. The number of esters is 1. The zero-order chi connectivity index (χ0) is 15.4. The van der Waals surface area contributed by atoms with Crippen LogP contribution in [-0.4, -0.2) is 64.7 Å². The van der Waals surface area contributed by atoms with E-state index in [9.17, 15) is 19.5 Å². The monoisotopic (exact) mass is 298 g/mol. The molecule has 0 aromatic carbocycles. The largest absolute Gasteiger partial charge is 0.480 e. The number of amides is 2. The number of likely N-dealkylation sites (tertiary alicyclic amines) is 1. The maximum atomic E-state index is 12.6. The van der Waals surface area contributed by atoms with Crippen LogP contribution >= 0.6 is 0 Å². The molecule has 1 aliphatic carbocycles. The van der Waals surface area contributed by atoms with Crippen LogP contribution in [0.5, 0.6) is 0 Å². The van der Waals surface area contributed by atoms with Crippen molar-refractivity contribution in [2.75, 3.05) is 19.7 Å². The van der Waals surface area contributed by atoms with Crippen molar-refractivity contribution in [3.8, 4) is 0 Å². The third kappa shape index (κ3) is 3.86. The lowest BCUT2D eigenvalue weighted by Gasteiger charge is -2.36. The smallest absolute Gasteiger partial charge is 0.326 e. The lowest BCUT2D eigenvalue weighted by Crippen LogP contribution is -2.54. The second kappa shape index (κ2) is 6.78. The minimum Gasteiger partial charge on any atom is -0.480 e. The highest BCUT2D eigenvalue weighted by Crippen LogP contribution is 2.29. The first-order chi connectivity index (χ1) is 10.0. The number of piperidine rings is 1. The first kappa shape index (κ1) is 15.6. The summed E-state index contributed by atoms with van der Waals surface area (Å²) in [7, 11) is 0. The van der Waals surface area contributed by atoms with Crippen LogP contribution in [0.15, 0.2) is 0 Å². The average molecular weight is 298 g/mol. The molecular weight excluding hydrogens is 276 g/mol. The standard InChI is InChI=1S/C14H22N2O5/c1-2-21-12(17)9-16(10-6-7-10)14(20)15-8-4-3-5-11(15)13(18)19/h10-11H,2-9H2,1H3,(H,18,19). The molecule has 0 radical (unpaired) electrons. The quantitative estimate of drug-likeness (QED) is 0.767. The van der Waals surface area contributed by atoms with Gasteiger partial charge in [-0.2, -0.15) is 0 Å². The van der Waals surface area contributed by atoms with Gasteiger partial charge in [-0.3, -0.25) is 4.79 Å². The van der Waals surface area contributed by atoms with E-state index in [4.69, 9.17) is 4.74 Å². The first-order valence-electron chi connectivity index (χ1n) is 7.50. The summed E-state index contributed by atoms with van der Waals surface area (Å²) in [6.45, 7) is 2.32. The number of carboxylic acid groups (broad SMARTS) is 1. The van der Waals surface area contributed by atoms with Crippen LogP contribution in [0, 0.1) is 0 Å². The zero-order valence-corrected chi connectivity index (χ0v) is 12.3. The predicted octanol–water partition coefficient (Wildman–Crippen LogP) is 1.07. The van der Waals surface area contributed by atoms with Gasteiger partial charge < -0.3 is 19.6 Å². The Hall–Kier alpha value is -1.79. The summed E-state index contributed by atoms with van der Waals surface area (Å²) < 4.78 is 4.89. The van der Waals surface area contributed by atoms with E-state index >= 15 is 0 Å². The second-order valence-corrected chi connectivity index (χ2v) is 5.49. The number of ether oxygens (including phenoxy) is 1. The molecule has 7 heteroatoms. The van der Waals surface area contributed by atoms with Gasteiger partial charge >= 0.3 is 18.0 Å². The number of urea groups is 1. The van der Waals surface area contributed by atoms with Crippen molar-refractivity contribution in [3.63, 3.8) is 0 Å². The minimum atomic E-state index is -0.977.